The van der Waals surface area contributed by atoms with Crippen molar-refractivity contribution in [3.8, 4) is 11.6 Å². The molecule has 1 aromatic carbocycles. The zero-order chi connectivity index (χ0) is 19.6. The fourth-order valence-electron chi connectivity index (χ4n) is 3.09. The highest BCUT2D eigenvalue weighted by Gasteiger charge is 2.38. The Morgan fingerprint density at radius 2 is 2.22 bits per heavy atom. The number of carbonyl (C=O) groups excluding carboxylic acids is 2. The van der Waals surface area contributed by atoms with Gasteiger partial charge in [0, 0.05) is 18.0 Å². The Balaban J connectivity index is 1.96. The lowest BCUT2D eigenvalue weighted by molar-refractivity contribution is -0.120. The monoisotopic (exact) mass is 373 g/mol. The van der Waals surface area contributed by atoms with Crippen molar-refractivity contribution in [2.45, 2.75) is 38.3 Å². The molecule has 144 valence electrons. The zero-order valence-electron chi connectivity index (χ0n) is 15.3. The molecule has 0 spiro atoms. The maximum Gasteiger partial charge on any atom is 0.252 e. The third-order valence-electron chi connectivity index (χ3n) is 4.48. The van der Waals surface area contributed by atoms with Crippen molar-refractivity contribution >= 4 is 22.6 Å². The summed E-state index contributed by atoms with van der Waals surface area (Å²) in [4.78, 5) is 27.6. The number of pyridine rings is 1. The number of nitrogens with two attached hydrogens (primary N) is 1. The van der Waals surface area contributed by atoms with E-state index in [-0.39, 0.29) is 30.8 Å². The highest BCUT2D eigenvalue weighted by Crippen LogP contribution is 2.32. The summed E-state index contributed by atoms with van der Waals surface area (Å²) in [6.45, 7) is 3.56. The number of fused-ring (bicyclic) bond motifs is 1. The van der Waals surface area contributed by atoms with Crippen LogP contribution < -0.4 is 20.5 Å². The smallest absolute Gasteiger partial charge is 0.252 e. The minimum atomic E-state index is -0.814. The second kappa shape index (κ2) is 7.40. The summed E-state index contributed by atoms with van der Waals surface area (Å²) in [5.41, 5.74) is 4.94. The van der Waals surface area contributed by atoms with Crippen LogP contribution in [0.3, 0.4) is 0 Å². The van der Waals surface area contributed by atoms with Crippen molar-refractivity contribution in [1.82, 2.24) is 10.3 Å². The van der Waals surface area contributed by atoms with Crippen molar-refractivity contribution in [2.24, 2.45) is 5.73 Å². The molecule has 2 amide bonds. The molecule has 0 bridgehead atoms. The molecule has 4 N–H and O–H groups in total. The van der Waals surface area contributed by atoms with Crippen LogP contribution >= 0.6 is 0 Å². The number of nitrogens with one attached hydrogen (secondary N) is 1. The van der Waals surface area contributed by atoms with E-state index < -0.39 is 11.4 Å². The number of benzene rings is 1. The van der Waals surface area contributed by atoms with E-state index in [4.69, 9.17) is 15.2 Å². The van der Waals surface area contributed by atoms with E-state index in [0.717, 1.165) is 5.39 Å². The molecule has 8 nitrogen and oxygen atoms in total. The Morgan fingerprint density at radius 1 is 1.44 bits per heavy atom. The minimum absolute atomic E-state index is 0.0826. The van der Waals surface area contributed by atoms with Gasteiger partial charge in [-0.1, -0.05) is 0 Å². The molecule has 0 saturated carbocycles. The van der Waals surface area contributed by atoms with E-state index in [9.17, 15) is 14.7 Å². The van der Waals surface area contributed by atoms with Gasteiger partial charge in [0.05, 0.1) is 23.8 Å². The summed E-state index contributed by atoms with van der Waals surface area (Å²) >= 11 is 0. The number of aliphatic hydroxyl groups excluding tert-OH is 1. The summed E-state index contributed by atoms with van der Waals surface area (Å²) in [6.07, 6.45) is 2.25. The SMILES string of the molecule is CC(C)Oc1cc2c(OC[C@@]3(CO)CCC(=O)N3)nccc2cc1C(N)=O. The molecule has 1 aromatic heterocycles. The first-order valence-corrected chi connectivity index (χ1v) is 8.77. The molecule has 8 heteroatoms. The molecule has 1 aliphatic heterocycles. The van der Waals surface area contributed by atoms with Gasteiger partial charge in [-0.25, -0.2) is 4.98 Å². The first-order valence-electron chi connectivity index (χ1n) is 8.77. The minimum Gasteiger partial charge on any atom is -0.490 e. The number of carbonyl (C=O) groups is 2. The molecule has 1 saturated heterocycles. The topological polar surface area (TPSA) is 124 Å². The average molecular weight is 373 g/mol. The van der Waals surface area contributed by atoms with Gasteiger partial charge in [0.1, 0.15) is 12.4 Å². The number of nitrogens with zero attached hydrogens (tertiary/aromatic N) is 1. The summed E-state index contributed by atoms with van der Waals surface area (Å²) < 4.78 is 11.6. The molecular weight excluding hydrogens is 350 g/mol. The summed E-state index contributed by atoms with van der Waals surface area (Å²) in [7, 11) is 0. The van der Waals surface area contributed by atoms with Gasteiger partial charge in [-0.05, 0) is 43.9 Å². The normalized spacial score (nSPS) is 19.3. The molecule has 3 rings (SSSR count). The van der Waals surface area contributed by atoms with Crippen LogP contribution in [0.1, 0.15) is 37.0 Å². The van der Waals surface area contributed by atoms with E-state index in [1.54, 1.807) is 24.4 Å². The standard InChI is InChI=1S/C19H23N3O5/c1-11(2)27-15-8-13-12(7-14(15)17(20)25)4-6-21-18(13)26-10-19(9-23)5-3-16(24)22-19/h4,6-8,11,23H,3,5,9-10H2,1-2H3,(H2,20,25)(H,22,24)/t19-/m0/s1. The van der Waals surface area contributed by atoms with Crippen LogP contribution in [0.4, 0.5) is 0 Å². The summed E-state index contributed by atoms with van der Waals surface area (Å²) in [5.74, 6) is -0.0167. The van der Waals surface area contributed by atoms with E-state index in [1.165, 1.54) is 0 Å². The van der Waals surface area contributed by atoms with Crippen LogP contribution in [0, 0.1) is 0 Å². The number of aliphatic hydroxyl groups is 1. The molecule has 27 heavy (non-hydrogen) atoms. The number of rotatable bonds is 7. The van der Waals surface area contributed by atoms with Gasteiger partial charge in [-0.3, -0.25) is 9.59 Å². The van der Waals surface area contributed by atoms with Gasteiger partial charge >= 0.3 is 0 Å². The molecular formula is C19H23N3O5. The molecule has 0 aliphatic carbocycles. The first-order chi connectivity index (χ1) is 12.8. The quantitative estimate of drug-likeness (QED) is 0.669. The predicted molar refractivity (Wildman–Crippen MR) is 98.7 cm³/mol. The van der Waals surface area contributed by atoms with Gasteiger partial charge in [-0.15, -0.1) is 0 Å². The third-order valence-corrected chi connectivity index (χ3v) is 4.48. The number of aromatic nitrogens is 1. The Hall–Kier alpha value is -2.87. The average Bonchev–Trinajstić information content (AvgIpc) is 3.00. The highest BCUT2D eigenvalue weighted by molar-refractivity contribution is 6.01. The number of amides is 2. The number of ether oxygens (including phenoxy) is 2. The van der Waals surface area contributed by atoms with E-state index in [1.807, 2.05) is 13.8 Å². The zero-order valence-corrected chi connectivity index (χ0v) is 15.3. The van der Waals surface area contributed by atoms with Crippen molar-refractivity contribution in [3.05, 3.63) is 30.0 Å². The summed E-state index contributed by atoms with van der Waals surface area (Å²) in [6, 6.07) is 5.06. The first kappa shape index (κ1) is 18.9. The molecule has 2 aromatic rings. The fraction of sp³-hybridized carbons (Fsp3) is 0.421. The number of hydrogen-bond donors (Lipinski definition) is 3. The van der Waals surface area contributed by atoms with Crippen LogP contribution in [-0.4, -0.2) is 46.8 Å². The highest BCUT2D eigenvalue weighted by atomic mass is 16.5. The van der Waals surface area contributed by atoms with Crippen molar-refractivity contribution in [2.75, 3.05) is 13.2 Å². The Kier molecular flexibility index (Phi) is 5.18. The molecule has 0 radical (unpaired) electrons. The van der Waals surface area contributed by atoms with Crippen LogP contribution in [0.25, 0.3) is 10.8 Å². The van der Waals surface area contributed by atoms with Gasteiger partial charge in [0.2, 0.25) is 11.8 Å². The van der Waals surface area contributed by atoms with Gasteiger partial charge in [0.25, 0.3) is 5.91 Å². The van der Waals surface area contributed by atoms with Crippen molar-refractivity contribution in [1.29, 1.82) is 0 Å². The second-order valence-corrected chi connectivity index (χ2v) is 6.99. The van der Waals surface area contributed by atoms with Crippen LogP contribution in [0.5, 0.6) is 11.6 Å². The van der Waals surface area contributed by atoms with E-state index in [2.05, 4.69) is 10.3 Å². The van der Waals surface area contributed by atoms with Crippen LogP contribution in [0.2, 0.25) is 0 Å². The van der Waals surface area contributed by atoms with Crippen LogP contribution in [0.15, 0.2) is 24.4 Å². The van der Waals surface area contributed by atoms with Crippen molar-refractivity contribution < 1.29 is 24.2 Å². The van der Waals surface area contributed by atoms with E-state index >= 15 is 0 Å². The lowest BCUT2D eigenvalue weighted by Gasteiger charge is -2.26. The second-order valence-electron chi connectivity index (χ2n) is 6.99. The Bertz CT molecular complexity index is 883. The third kappa shape index (κ3) is 3.95. The van der Waals surface area contributed by atoms with Gasteiger partial charge < -0.3 is 25.6 Å². The molecule has 2 heterocycles. The molecule has 1 atom stereocenters. The van der Waals surface area contributed by atoms with E-state index in [0.29, 0.717) is 29.9 Å². The van der Waals surface area contributed by atoms with Gasteiger partial charge in [-0.2, -0.15) is 0 Å². The molecule has 1 aliphatic rings. The fourth-order valence-corrected chi connectivity index (χ4v) is 3.09. The van der Waals surface area contributed by atoms with Crippen molar-refractivity contribution in [3.63, 3.8) is 0 Å². The molecule has 1 fully saturated rings. The predicted octanol–water partition coefficient (Wildman–Crippen LogP) is 1.14. The Morgan fingerprint density at radius 3 is 2.81 bits per heavy atom. The number of hydrogen-bond acceptors (Lipinski definition) is 6. The largest absolute Gasteiger partial charge is 0.490 e. The Labute approximate surface area is 156 Å². The molecule has 0 unspecified atom stereocenters. The maximum atomic E-state index is 11.8. The maximum absolute atomic E-state index is 11.8. The lowest BCUT2D eigenvalue weighted by Crippen LogP contribution is -2.49. The van der Waals surface area contributed by atoms with Crippen LogP contribution in [-0.2, 0) is 4.79 Å². The lowest BCUT2D eigenvalue weighted by atomic mass is 10.0. The summed E-state index contributed by atoms with van der Waals surface area (Å²) in [5, 5.41) is 13.8. The van der Waals surface area contributed by atoms with Gasteiger partial charge in [0.15, 0.2) is 0 Å². The number of primary amides is 1.